The van der Waals surface area contributed by atoms with Crippen LogP contribution in [-0.4, -0.2) is 52.6 Å². The van der Waals surface area contributed by atoms with E-state index in [0.29, 0.717) is 12.8 Å². The van der Waals surface area contributed by atoms with Crippen molar-refractivity contribution in [3.63, 3.8) is 0 Å². The van der Waals surface area contributed by atoms with Gasteiger partial charge in [-0.05, 0) is 25.7 Å². The minimum absolute atomic E-state index is 0.140. The van der Waals surface area contributed by atoms with Gasteiger partial charge in [0.05, 0.1) is 19.8 Å². The highest BCUT2D eigenvalue weighted by atomic mass is 16.3. The molecule has 0 atom stereocenters. The van der Waals surface area contributed by atoms with E-state index >= 15 is 0 Å². The number of aliphatic hydroxyl groups is 3. The lowest BCUT2D eigenvalue weighted by Gasteiger charge is -2.32. The van der Waals surface area contributed by atoms with E-state index in [4.69, 9.17) is 21.1 Å². The summed E-state index contributed by atoms with van der Waals surface area (Å²) in [4.78, 5) is 11.9. The van der Waals surface area contributed by atoms with Gasteiger partial charge in [0, 0.05) is 12.0 Å². The van der Waals surface area contributed by atoms with Crippen molar-refractivity contribution in [3.8, 4) is 0 Å². The van der Waals surface area contributed by atoms with Crippen molar-refractivity contribution in [1.29, 1.82) is 0 Å². The molecular weight excluding hydrogens is 224 g/mol. The molecule has 0 spiro atoms. The molecule has 6 N–H and O–H groups in total. The molecule has 1 saturated carbocycles. The molecule has 6 heteroatoms. The highest BCUT2D eigenvalue weighted by Crippen LogP contribution is 2.23. The monoisotopic (exact) mass is 246 g/mol. The Bertz CT molecular complexity index is 240. The standard InChI is InChI=1S/C11H22N2O4/c12-9-3-1-8(2-4-9)10(17)13-11(5-14,6-15)7-16/h8-9,14-16H,1-7,12H2,(H,13,17). The van der Waals surface area contributed by atoms with E-state index in [2.05, 4.69) is 5.32 Å². The maximum atomic E-state index is 11.9. The van der Waals surface area contributed by atoms with E-state index in [1.165, 1.54) is 0 Å². The number of carbonyl (C=O) groups excluding carboxylic acids is 1. The zero-order valence-electron chi connectivity index (χ0n) is 9.93. The molecule has 1 aliphatic rings. The van der Waals surface area contributed by atoms with Gasteiger partial charge in [-0.3, -0.25) is 4.79 Å². The van der Waals surface area contributed by atoms with Crippen LogP contribution in [0.25, 0.3) is 0 Å². The quantitative estimate of drug-likeness (QED) is 0.398. The fourth-order valence-corrected chi connectivity index (χ4v) is 2.01. The van der Waals surface area contributed by atoms with Gasteiger partial charge < -0.3 is 26.4 Å². The van der Waals surface area contributed by atoms with Crippen molar-refractivity contribution in [2.75, 3.05) is 19.8 Å². The molecule has 0 saturated heterocycles. The molecule has 0 aromatic carbocycles. The van der Waals surface area contributed by atoms with Gasteiger partial charge >= 0.3 is 0 Å². The van der Waals surface area contributed by atoms with E-state index < -0.39 is 25.4 Å². The number of nitrogens with two attached hydrogens (primary N) is 1. The predicted octanol–water partition coefficient (Wildman–Crippen LogP) is -1.66. The van der Waals surface area contributed by atoms with Gasteiger partial charge in [0.2, 0.25) is 5.91 Å². The van der Waals surface area contributed by atoms with Crippen LogP contribution in [0.5, 0.6) is 0 Å². The Balaban J connectivity index is 2.53. The van der Waals surface area contributed by atoms with Crippen molar-refractivity contribution in [3.05, 3.63) is 0 Å². The van der Waals surface area contributed by atoms with Crippen LogP contribution >= 0.6 is 0 Å². The van der Waals surface area contributed by atoms with E-state index in [1.807, 2.05) is 0 Å². The average molecular weight is 246 g/mol. The van der Waals surface area contributed by atoms with Gasteiger partial charge in [0.25, 0.3) is 0 Å². The summed E-state index contributed by atoms with van der Waals surface area (Å²) < 4.78 is 0. The molecule has 0 bridgehead atoms. The number of hydrogen-bond acceptors (Lipinski definition) is 5. The Morgan fingerprint density at radius 2 is 1.59 bits per heavy atom. The fraction of sp³-hybridized carbons (Fsp3) is 0.909. The van der Waals surface area contributed by atoms with Crippen LogP contribution in [-0.2, 0) is 4.79 Å². The van der Waals surface area contributed by atoms with Crippen LogP contribution < -0.4 is 11.1 Å². The molecule has 6 nitrogen and oxygen atoms in total. The van der Waals surface area contributed by atoms with Crippen LogP contribution in [0.1, 0.15) is 25.7 Å². The molecule has 0 radical (unpaired) electrons. The summed E-state index contributed by atoms with van der Waals surface area (Å²) in [5, 5.41) is 29.9. The number of rotatable bonds is 5. The van der Waals surface area contributed by atoms with E-state index in [9.17, 15) is 4.79 Å². The fourth-order valence-electron chi connectivity index (χ4n) is 2.01. The number of hydrogen-bond donors (Lipinski definition) is 5. The lowest BCUT2D eigenvalue weighted by atomic mass is 9.85. The number of carbonyl (C=O) groups is 1. The minimum atomic E-state index is -1.32. The maximum absolute atomic E-state index is 11.9. The lowest BCUT2D eigenvalue weighted by molar-refractivity contribution is -0.130. The topological polar surface area (TPSA) is 116 Å². The first-order valence-electron chi connectivity index (χ1n) is 5.97. The smallest absolute Gasteiger partial charge is 0.223 e. The molecule has 0 unspecified atom stereocenters. The Kier molecular flexibility index (Phi) is 5.32. The number of amides is 1. The predicted molar refractivity (Wildman–Crippen MR) is 62.1 cm³/mol. The van der Waals surface area contributed by atoms with Crippen LogP contribution in [0, 0.1) is 5.92 Å². The Hall–Kier alpha value is -0.690. The summed E-state index contributed by atoms with van der Waals surface area (Å²) in [5.74, 6) is -0.368. The highest BCUT2D eigenvalue weighted by molar-refractivity contribution is 5.79. The molecule has 1 amide bonds. The second kappa shape index (κ2) is 6.30. The molecule has 0 aromatic heterocycles. The Morgan fingerprint density at radius 1 is 1.12 bits per heavy atom. The van der Waals surface area contributed by atoms with Crippen molar-refractivity contribution < 1.29 is 20.1 Å². The summed E-state index contributed by atoms with van der Waals surface area (Å²) in [5.41, 5.74) is 4.43. The molecule has 0 heterocycles. The molecule has 17 heavy (non-hydrogen) atoms. The molecule has 1 aliphatic carbocycles. The lowest BCUT2D eigenvalue weighted by Crippen LogP contribution is -2.58. The van der Waals surface area contributed by atoms with Crippen LogP contribution in [0.15, 0.2) is 0 Å². The van der Waals surface area contributed by atoms with Gasteiger partial charge in [0.15, 0.2) is 0 Å². The maximum Gasteiger partial charge on any atom is 0.223 e. The molecule has 1 rings (SSSR count). The zero-order chi connectivity index (χ0) is 12.9. The molecule has 0 aliphatic heterocycles. The minimum Gasteiger partial charge on any atom is -0.394 e. The van der Waals surface area contributed by atoms with Gasteiger partial charge in [-0.2, -0.15) is 0 Å². The second-order valence-electron chi connectivity index (χ2n) is 4.86. The number of aliphatic hydroxyl groups excluding tert-OH is 3. The zero-order valence-corrected chi connectivity index (χ0v) is 9.93. The van der Waals surface area contributed by atoms with Crippen LogP contribution in [0.2, 0.25) is 0 Å². The van der Waals surface area contributed by atoms with Gasteiger partial charge in [0.1, 0.15) is 5.54 Å². The van der Waals surface area contributed by atoms with Gasteiger partial charge in [-0.25, -0.2) is 0 Å². The van der Waals surface area contributed by atoms with Crippen LogP contribution in [0.3, 0.4) is 0 Å². The van der Waals surface area contributed by atoms with E-state index in [-0.39, 0.29) is 17.9 Å². The largest absolute Gasteiger partial charge is 0.394 e. The van der Waals surface area contributed by atoms with E-state index in [0.717, 1.165) is 12.8 Å². The summed E-state index contributed by atoms with van der Waals surface area (Å²) >= 11 is 0. The first-order valence-corrected chi connectivity index (χ1v) is 5.97. The summed E-state index contributed by atoms with van der Waals surface area (Å²) in [6.07, 6.45) is 3.04. The van der Waals surface area contributed by atoms with Crippen molar-refractivity contribution in [2.24, 2.45) is 11.7 Å². The van der Waals surface area contributed by atoms with Crippen molar-refractivity contribution in [1.82, 2.24) is 5.32 Å². The first kappa shape index (κ1) is 14.4. The highest BCUT2D eigenvalue weighted by Gasteiger charge is 2.33. The van der Waals surface area contributed by atoms with Crippen molar-refractivity contribution >= 4 is 5.91 Å². The molecular formula is C11H22N2O4. The first-order chi connectivity index (χ1) is 8.06. The number of nitrogens with one attached hydrogen (secondary N) is 1. The second-order valence-corrected chi connectivity index (χ2v) is 4.86. The van der Waals surface area contributed by atoms with Gasteiger partial charge in [-0.15, -0.1) is 0 Å². The molecule has 0 aromatic rings. The molecule has 1 fully saturated rings. The van der Waals surface area contributed by atoms with Crippen molar-refractivity contribution in [2.45, 2.75) is 37.3 Å². The summed E-state index contributed by atoms with van der Waals surface area (Å²) in [7, 11) is 0. The third kappa shape index (κ3) is 3.64. The van der Waals surface area contributed by atoms with Gasteiger partial charge in [-0.1, -0.05) is 0 Å². The third-order valence-electron chi connectivity index (χ3n) is 3.44. The third-order valence-corrected chi connectivity index (χ3v) is 3.44. The molecule has 100 valence electrons. The van der Waals surface area contributed by atoms with Crippen LogP contribution in [0.4, 0.5) is 0 Å². The Labute approximate surface area is 101 Å². The normalized spacial score (nSPS) is 25.6. The Morgan fingerprint density at radius 3 is 2.00 bits per heavy atom. The van der Waals surface area contributed by atoms with E-state index in [1.54, 1.807) is 0 Å². The summed E-state index contributed by atoms with van der Waals surface area (Å²) in [6, 6.07) is 0.164. The SMILES string of the molecule is NC1CCC(C(=O)NC(CO)(CO)CO)CC1. The average Bonchev–Trinajstić information content (AvgIpc) is 2.37. The summed E-state index contributed by atoms with van der Waals surface area (Å²) in [6.45, 7) is -1.46.